The number of piperidine rings is 1. The van der Waals surface area contributed by atoms with E-state index in [0.29, 0.717) is 10.1 Å². The number of ketones is 1. The molecule has 5 rings (SSSR count). The minimum atomic E-state index is -3.87. The van der Waals surface area contributed by atoms with Crippen molar-refractivity contribution in [3.05, 3.63) is 85.1 Å². The molecule has 1 fully saturated rings. The second-order valence-corrected chi connectivity index (χ2v) is 13.9. The van der Waals surface area contributed by atoms with E-state index in [0.717, 1.165) is 49.3 Å². The fraction of sp³-hybridized carbons (Fsp3) is 0.321. The predicted octanol–water partition coefficient (Wildman–Crippen LogP) is 4.02. The molecule has 0 radical (unpaired) electrons. The number of Topliss-reactive ketones (excluding diaryl/α,β-unsaturated/α-hetero) is 1. The van der Waals surface area contributed by atoms with Crippen LogP contribution in [0, 0.1) is 5.82 Å². The third-order valence-corrected chi connectivity index (χ3v) is 10.5. The van der Waals surface area contributed by atoms with Crippen LogP contribution in [0.5, 0.6) is 0 Å². The molecule has 0 amide bonds. The Labute approximate surface area is 244 Å². The normalized spacial score (nSPS) is 14.4. The summed E-state index contributed by atoms with van der Waals surface area (Å²) in [6.45, 7) is 3.80. The number of benzene rings is 2. The lowest BCUT2D eigenvalue weighted by Crippen LogP contribution is -2.34. The van der Waals surface area contributed by atoms with Gasteiger partial charge in [0.25, 0.3) is 5.56 Å². The van der Waals surface area contributed by atoms with E-state index in [1.54, 1.807) is 18.2 Å². The lowest BCUT2D eigenvalue weighted by atomic mass is 10.1. The first kappa shape index (κ1) is 29.2. The van der Waals surface area contributed by atoms with Gasteiger partial charge in [-0.3, -0.25) is 9.59 Å². The Morgan fingerprint density at radius 1 is 1.05 bits per heavy atom. The van der Waals surface area contributed by atoms with E-state index < -0.39 is 38.4 Å². The smallest absolute Gasteiger partial charge is 0.333 e. The van der Waals surface area contributed by atoms with Crippen molar-refractivity contribution in [2.45, 2.75) is 29.9 Å². The molecule has 0 atom stereocenters. The molecule has 1 saturated heterocycles. The fourth-order valence-corrected chi connectivity index (χ4v) is 7.77. The Kier molecular flexibility index (Phi) is 8.74. The summed E-state index contributed by atoms with van der Waals surface area (Å²) in [6.07, 6.45) is 3.35. The zero-order valence-corrected chi connectivity index (χ0v) is 24.4. The van der Waals surface area contributed by atoms with Crippen LogP contribution in [-0.2, 0) is 21.1 Å². The van der Waals surface area contributed by atoms with Gasteiger partial charge >= 0.3 is 5.69 Å². The molecule has 216 valence electrons. The maximum atomic E-state index is 15.1. The average molecular weight is 619 g/mol. The minimum Gasteiger partial charge on any atom is -0.384 e. The molecule has 9 nitrogen and oxygen atoms in total. The summed E-state index contributed by atoms with van der Waals surface area (Å²) >= 11 is 6.65. The van der Waals surface area contributed by atoms with Crippen molar-refractivity contribution >= 4 is 55.1 Å². The average Bonchev–Trinajstić information content (AvgIpc) is 3.37. The van der Waals surface area contributed by atoms with E-state index in [1.165, 1.54) is 43.5 Å². The van der Waals surface area contributed by atoms with Crippen LogP contribution in [0.25, 0.3) is 16.6 Å². The number of halogens is 2. The van der Waals surface area contributed by atoms with Crippen molar-refractivity contribution in [1.82, 2.24) is 14.5 Å². The van der Waals surface area contributed by atoms with Gasteiger partial charge in [-0.1, -0.05) is 24.1 Å². The first-order valence-corrected chi connectivity index (χ1v) is 16.0. The van der Waals surface area contributed by atoms with Gasteiger partial charge in [-0.05, 0) is 74.0 Å². The highest BCUT2D eigenvalue weighted by atomic mass is 35.5. The highest BCUT2D eigenvalue weighted by molar-refractivity contribution is 7.94. The first-order valence-electron chi connectivity index (χ1n) is 13.1. The Bertz CT molecular complexity index is 1830. The van der Waals surface area contributed by atoms with Crippen LogP contribution in [0.3, 0.4) is 0 Å². The minimum absolute atomic E-state index is 0.0207. The van der Waals surface area contributed by atoms with Gasteiger partial charge in [0, 0.05) is 25.2 Å². The van der Waals surface area contributed by atoms with Crippen molar-refractivity contribution in [1.29, 1.82) is 0 Å². The number of rotatable bonds is 10. The standard InChI is InChI=1S/C28H28ClFN4O5S2/c29-25-8-9-26(40-25)41(38,39)17-20(35)14-18-4-7-24(22(30)15-18)34-27(36)21-6-5-19(16-23(21)32-28(34)37)31-10-13-33-11-2-1-3-12-33/h4-9,15-16,31H,1-3,10-14,17H2,(H,32,37). The number of hydrogen-bond donors (Lipinski definition) is 2. The molecule has 1 aliphatic rings. The Hall–Kier alpha value is -3.32. The van der Waals surface area contributed by atoms with E-state index in [1.807, 2.05) is 0 Å². The Morgan fingerprint density at radius 2 is 1.83 bits per heavy atom. The number of anilines is 1. The highest BCUT2D eigenvalue weighted by Gasteiger charge is 2.22. The van der Waals surface area contributed by atoms with Gasteiger partial charge in [0.1, 0.15) is 15.8 Å². The van der Waals surface area contributed by atoms with E-state index in [-0.39, 0.29) is 31.6 Å². The van der Waals surface area contributed by atoms with Gasteiger partial charge in [0.2, 0.25) is 0 Å². The van der Waals surface area contributed by atoms with Crippen molar-refractivity contribution in [2.24, 2.45) is 0 Å². The molecular weight excluding hydrogens is 591 g/mol. The van der Waals surface area contributed by atoms with Crippen LogP contribution in [0.15, 0.2) is 62.3 Å². The summed E-state index contributed by atoms with van der Waals surface area (Å²) in [4.78, 5) is 43.6. The molecular formula is C28H28ClFN4O5S2. The summed E-state index contributed by atoms with van der Waals surface area (Å²) in [7, 11) is -3.87. The number of nitrogens with zero attached hydrogens (tertiary/aromatic N) is 2. The van der Waals surface area contributed by atoms with Gasteiger partial charge in [-0.2, -0.15) is 0 Å². The number of fused-ring (bicyclic) bond motifs is 1. The molecule has 13 heteroatoms. The third kappa shape index (κ3) is 6.78. The number of H-pyrrole nitrogens is 1. The lowest BCUT2D eigenvalue weighted by molar-refractivity contribution is -0.116. The van der Waals surface area contributed by atoms with Crippen LogP contribution in [0.1, 0.15) is 24.8 Å². The third-order valence-electron chi connectivity index (χ3n) is 6.96. The number of carbonyl (C=O) groups is 1. The largest absolute Gasteiger partial charge is 0.384 e. The van der Waals surface area contributed by atoms with Crippen LogP contribution < -0.4 is 16.6 Å². The monoisotopic (exact) mass is 618 g/mol. The molecule has 0 spiro atoms. The topological polar surface area (TPSA) is 121 Å². The SMILES string of the molecule is O=C(Cc1ccc(-n2c(=O)[nH]c3cc(NCCN4CCCCC4)ccc3c2=O)c(F)c1)CS(=O)(=O)c1ccc(Cl)s1. The van der Waals surface area contributed by atoms with Gasteiger partial charge in [0.05, 0.1) is 20.9 Å². The number of aromatic amines is 1. The zero-order chi connectivity index (χ0) is 29.1. The van der Waals surface area contributed by atoms with Crippen molar-refractivity contribution in [2.75, 3.05) is 37.2 Å². The van der Waals surface area contributed by atoms with Crippen LogP contribution in [-0.4, -0.2) is 60.6 Å². The molecule has 0 unspecified atom stereocenters. The fourth-order valence-electron chi connectivity index (χ4n) is 4.96. The Morgan fingerprint density at radius 3 is 2.54 bits per heavy atom. The number of likely N-dealkylation sites (tertiary alicyclic amines) is 1. The van der Waals surface area contributed by atoms with E-state index in [2.05, 4.69) is 15.2 Å². The van der Waals surface area contributed by atoms with Gasteiger partial charge in [-0.25, -0.2) is 22.2 Å². The summed E-state index contributed by atoms with van der Waals surface area (Å²) < 4.78 is 41.0. The van der Waals surface area contributed by atoms with Gasteiger partial charge < -0.3 is 15.2 Å². The van der Waals surface area contributed by atoms with E-state index in [9.17, 15) is 22.8 Å². The number of sulfone groups is 1. The number of thiophene rings is 1. The number of hydrogen-bond acceptors (Lipinski definition) is 8. The summed E-state index contributed by atoms with van der Waals surface area (Å²) in [6, 6.07) is 11.4. The second kappa shape index (κ2) is 12.3. The quantitative estimate of drug-likeness (QED) is 0.275. The highest BCUT2D eigenvalue weighted by Crippen LogP contribution is 2.26. The molecule has 2 N–H and O–H groups in total. The molecule has 41 heavy (non-hydrogen) atoms. The van der Waals surface area contributed by atoms with Crippen LogP contribution in [0.2, 0.25) is 4.34 Å². The Balaban J connectivity index is 1.31. The molecule has 1 aliphatic heterocycles. The van der Waals surface area contributed by atoms with Gasteiger partial charge in [0.15, 0.2) is 15.6 Å². The number of aromatic nitrogens is 2. The molecule has 0 bridgehead atoms. The molecule has 3 heterocycles. The van der Waals surface area contributed by atoms with E-state index in [4.69, 9.17) is 11.6 Å². The molecule has 0 saturated carbocycles. The van der Waals surface area contributed by atoms with Crippen molar-refractivity contribution in [3.63, 3.8) is 0 Å². The van der Waals surface area contributed by atoms with Crippen molar-refractivity contribution in [3.8, 4) is 5.69 Å². The second-order valence-electron chi connectivity index (χ2n) is 9.98. The van der Waals surface area contributed by atoms with Crippen LogP contribution in [0.4, 0.5) is 10.1 Å². The summed E-state index contributed by atoms with van der Waals surface area (Å²) in [5.74, 6) is -2.29. The first-order chi connectivity index (χ1) is 19.6. The van der Waals surface area contributed by atoms with Crippen molar-refractivity contribution < 1.29 is 17.6 Å². The maximum absolute atomic E-state index is 15.1. The number of nitrogens with one attached hydrogen (secondary N) is 2. The summed E-state index contributed by atoms with van der Waals surface area (Å²) in [5, 5.41) is 3.53. The van der Waals surface area contributed by atoms with Crippen LogP contribution >= 0.6 is 22.9 Å². The summed E-state index contributed by atoms with van der Waals surface area (Å²) in [5.41, 5.74) is -0.481. The maximum Gasteiger partial charge on any atom is 0.333 e. The molecule has 4 aromatic rings. The predicted molar refractivity (Wildman–Crippen MR) is 159 cm³/mol. The van der Waals surface area contributed by atoms with E-state index >= 15 is 4.39 Å². The number of carbonyl (C=O) groups excluding carboxylic acids is 1. The molecule has 0 aliphatic carbocycles. The molecule has 2 aromatic carbocycles. The van der Waals surface area contributed by atoms with Gasteiger partial charge in [-0.15, -0.1) is 11.3 Å². The lowest BCUT2D eigenvalue weighted by Gasteiger charge is -2.26. The molecule has 2 aromatic heterocycles. The zero-order valence-electron chi connectivity index (χ0n) is 22.0.